The molecule has 7 heteroatoms. The summed E-state index contributed by atoms with van der Waals surface area (Å²) < 4.78 is 0. The molecule has 1 saturated heterocycles. The first-order chi connectivity index (χ1) is 9.31. The molecule has 1 atom stereocenters. The first-order valence-electron chi connectivity index (χ1n) is 6.81. The van der Waals surface area contributed by atoms with Gasteiger partial charge in [0.1, 0.15) is 5.01 Å². The Morgan fingerprint density at radius 2 is 2.35 bits per heavy atom. The van der Waals surface area contributed by atoms with Gasteiger partial charge >= 0.3 is 0 Å². The van der Waals surface area contributed by atoms with Gasteiger partial charge in [0.05, 0.1) is 6.54 Å². The minimum absolute atomic E-state index is 0. The zero-order valence-corrected chi connectivity index (χ0v) is 16.0. The lowest BCUT2D eigenvalue weighted by atomic mass is 10.2. The standard InChI is InChI=1S/C13H22N4S2.HI/c1-3-10-7-15-12(19-10)9-17-13(14-2)16-8-11-5-4-6-18-11;/h7,11H,3-6,8-9H2,1-2H3,(H2,14,16,17);1H. The highest BCUT2D eigenvalue weighted by Gasteiger charge is 2.15. The number of halogens is 1. The molecule has 1 unspecified atom stereocenters. The number of nitrogens with zero attached hydrogens (tertiary/aromatic N) is 2. The Kier molecular flexibility index (Phi) is 8.86. The SMILES string of the molecule is CCc1cnc(CNC(=NC)NCC2CCCS2)s1.I. The van der Waals surface area contributed by atoms with Crippen molar-refractivity contribution >= 4 is 53.0 Å². The average Bonchev–Trinajstić information content (AvgIpc) is 3.10. The van der Waals surface area contributed by atoms with E-state index in [4.69, 9.17) is 0 Å². The van der Waals surface area contributed by atoms with E-state index in [0.29, 0.717) is 0 Å². The molecule has 114 valence electrons. The van der Waals surface area contributed by atoms with Crippen molar-refractivity contribution in [3.8, 4) is 0 Å². The van der Waals surface area contributed by atoms with Crippen molar-refractivity contribution in [2.24, 2.45) is 4.99 Å². The third-order valence-corrected chi connectivity index (χ3v) is 5.64. The zero-order chi connectivity index (χ0) is 13.5. The minimum Gasteiger partial charge on any atom is -0.355 e. The van der Waals surface area contributed by atoms with Crippen LogP contribution in [0.15, 0.2) is 11.2 Å². The normalized spacial score (nSPS) is 18.7. The van der Waals surface area contributed by atoms with Gasteiger partial charge in [-0.05, 0) is 25.0 Å². The molecule has 0 spiro atoms. The van der Waals surface area contributed by atoms with E-state index in [-0.39, 0.29) is 24.0 Å². The van der Waals surface area contributed by atoms with Gasteiger partial charge < -0.3 is 10.6 Å². The lowest BCUT2D eigenvalue weighted by Crippen LogP contribution is -2.39. The molecule has 1 aromatic heterocycles. The van der Waals surface area contributed by atoms with Crippen LogP contribution in [-0.2, 0) is 13.0 Å². The van der Waals surface area contributed by atoms with Gasteiger partial charge in [0.15, 0.2) is 5.96 Å². The van der Waals surface area contributed by atoms with Crippen molar-refractivity contribution in [1.82, 2.24) is 15.6 Å². The highest BCUT2D eigenvalue weighted by molar-refractivity contribution is 14.0. The molecule has 1 aliphatic heterocycles. The van der Waals surface area contributed by atoms with Gasteiger partial charge in [-0.15, -0.1) is 35.3 Å². The monoisotopic (exact) mass is 426 g/mol. The van der Waals surface area contributed by atoms with E-state index in [0.717, 1.165) is 35.7 Å². The first kappa shape index (κ1) is 18.0. The van der Waals surface area contributed by atoms with Gasteiger partial charge in [0.25, 0.3) is 0 Å². The Bertz CT molecular complexity index is 416. The first-order valence-corrected chi connectivity index (χ1v) is 8.68. The number of rotatable bonds is 5. The Balaban J connectivity index is 0.00000200. The molecule has 2 rings (SSSR count). The smallest absolute Gasteiger partial charge is 0.191 e. The molecule has 0 radical (unpaired) electrons. The van der Waals surface area contributed by atoms with Gasteiger partial charge in [0, 0.05) is 29.9 Å². The number of aliphatic imine (C=N–C) groups is 1. The number of hydrogen-bond acceptors (Lipinski definition) is 4. The predicted octanol–water partition coefficient (Wildman–Crippen LogP) is 2.88. The topological polar surface area (TPSA) is 49.3 Å². The second-order valence-corrected chi connectivity index (χ2v) is 7.12. The van der Waals surface area contributed by atoms with E-state index in [1.807, 2.05) is 13.2 Å². The summed E-state index contributed by atoms with van der Waals surface area (Å²) in [5.41, 5.74) is 0. The van der Waals surface area contributed by atoms with Crippen LogP contribution in [0.1, 0.15) is 29.7 Å². The quantitative estimate of drug-likeness (QED) is 0.432. The molecule has 1 fully saturated rings. The molecular formula is C13H23IN4S2. The van der Waals surface area contributed by atoms with E-state index in [1.54, 1.807) is 11.3 Å². The second kappa shape index (κ2) is 9.83. The third kappa shape index (κ3) is 5.77. The van der Waals surface area contributed by atoms with Crippen LogP contribution < -0.4 is 10.6 Å². The lowest BCUT2D eigenvalue weighted by Gasteiger charge is -2.14. The van der Waals surface area contributed by atoms with Crippen molar-refractivity contribution in [3.63, 3.8) is 0 Å². The van der Waals surface area contributed by atoms with E-state index in [2.05, 4.69) is 39.3 Å². The summed E-state index contributed by atoms with van der Waals surface area (Å²) in [6, 6.07) is 0. The fraction of sp³-hybridized carbons (Fsp3) is 0.692. The molecule has 20 heavy (non-hydrogen) atoms. The van der Waals surface area contributed by atoms with E-state index in [1.165, 1.54) is 23.5 Å². The molecule has 2 N–H and O–H groups in total. The fourth-order valence-electron chi connectivity index (χ4n) is 1.99. The zero-order valence-electron chi connectivity index (χ0n) is 12.0. The minimum atomic E-state index is 0. The number of hydrogen-bond donors (Lipinski definition) is 2. The van der Waals surface area contributed by atoms with Gasteiger partial charge in [-0.2, -0.15) is 11.8 Å². The maximum absolute atomic E-state index is 4.40. The van der Waals surface area contributed by atoms with Crippen LogP contribution in [0.2, 0.25) is 0 Å². The fourth-order valence-corrected chi connectivity index (χ4v) is 3.99. The molecule has 0 bridgehead atoms. The highest BCUT2D eigenvalue weighted by Crippen LogP contribution is 2.25. The van der Waals surface area contributed by atoms with Crippen molar-refractivity contribution < 1.29 is 0 Å². The van der Waals surface area contributed by atoms with Gasteiger partial charge in [-0.25, -0.2) is 4.98 Å². The van der Waals surface area contributed by atoms with Crippen LogP contribution in [0.25, 0.3) is 0 Å². The van der Waals surface area contributed by atoms with Crippen molar-refractivity contribution in [1.29, 1.82) is 0 Å². The van der Waals surface area contributed by atoms with Crippen LogP contribution in [-0.4, -0.2) is 35.5 Å². The Morgan fingerprint density at radius 3 is 2.95 bits per heavy atom. The summed E-state index contributed by atoms with van der Waals surface area (Å²) in [5.74, 6) is 2.18. The number of thiazole rings is 1. The summed E-state index contributed by atoms with van der Waals surface area (Å²) >= 11 is 3.83. The largest absolute Gasteiger partial charge is 0.355 e. The average molecular weight is 426 g/mol. The second-order valence-electron chi connectivity index (χ2n) is 4.52. The van der Waals surface area contributed by atoms with E-state index >= 15 is 0 Å². The van der Waals surface area contributed by atoms with Crippen LogP contribution in [0.4, 0.5) is 0 Å². The molecular weight excluding hydrogens is 403 g/mol. The van der Waals surface area contributed by atoms with E-state index < -0.39 is 0 Å². The predicted molar refractivity (Wildman–Crippen MR) is 101 cm³/mol. The van der Waals surface area contributed by atoms with Crippen LogP contribution in [0.5, 0.6) is 0 Å². The summed E-state index contributed by atoms with van der Waals surface area (Å²) in [6.45, 7) is 3.91. The van der Waals surface area contributed by atoms with Crippen molar-refractivity contribution in [3.05, 3.63) is 16.1 Å². The lowest BCUT2D eigenvalue weighted by molar-refractivity contribution is 0.725. The molecule has 1 aromatic rings. The maximum atomic E-state index is 4.40. The number of aryl methyl sites for hydroxylation is 1. The van der Waals surface area contributed by atoms with E-state index in [9.17, 15) is 0 Å². The molecule has 0 amide bonds. The number of thioether (sulfide) groups is 1. The van der Waals surface area contributed by atoms with Gasteiger partial charge in [-0.1, -0.05) is 6.92 Å². The molecule has 0 aliphatic carbocycles. The van der Waals surface area contributed by atoms with Crippen molar-refractivity contribution in [2.45, 2.75) is 38.0 Å². The Hall–Kier alpha value is -0.0200. The number of guanidine groups is 1. The summed E-state index contributed by atoms with van der Waals surface area (Å²) in [5, 5.41) is 8.58. The van der Waals surface area contributed by atoms with Crippen LogP contribution >= 0.6 is 47.1 Å². The van der Waals surface area contributed by atoms with Gasteiger partial charge in [0.2, 0.25) is 0 Å². The third-order valence-electron chi connectivity index (χ3n) is 3.10. The molecule has 4 nitrogen and oxygen atoms in total. The summed E-state index contributed by atoms with van der Waals surface area (Å²) in [4.78, 5) is 9.99. The van der Waals surface area contributed by atoms with Crippen LogP contribution in [0, 0.1) is 0 Å². The number of aromatic nitrogens is 1. The molecule has 1 aliphatic rings. The Labute approximate surface area is 146 Å². The van der Waals surface area contributed by atoms with Crippen molar-refractivity contribution in [2.75, 3.05) is 19.3 Å². The molecule has 2 heterocycles. The Morgan fingerprint density at radius 1 is 1.50 bits per heavy atom. The summed E-state index contributed by atoms with van der Waals surface area (Å²) in [7, 11) is 1.82. The van der Waals surface area contributed by atoms with Crippen LogP contribution in [0.3, 0.4) is 0 Å². The highest BCUT2D eigenvalue weighted by atomic mass is 127. The molecule has 0 aromatic carbocycles. The van der Waals surface area contributed by atoms with Gasteiger partial charge in [-0.3, -0.25) is 4.99 Å². The summed E-state index contributed by atoms with van der Waals surface area (Å²) in [6.07, 6.45) is 5.69. The molecule has 0 saturated carbocycles. The number of nitrogens with one attached hydrogen (secondary N) is 2. The maximum Gasteiger partial charge on any atom is 0.191 e.